The number of hydrogen-bond acceptors (Lipinski definition) is 5. The van der Waals surface area contributed by atoms with Gasteiger partial charge in [-0.05, 0) is 60.9 Å². The molecule has 6 aromatic rings. The SMILES string of the molecule is C=c1c2c(o/c1=C/C(C)=C(\C)c1nc(-c3ccccc3)nc(-c3ccccc3)n1)C=CC1C2c2ccccc2N1c1ccccc1. The van der Waals surface area contributed by atoms with Gasteiger partial charge in [-0.15, -0.1) is 0 Å². The predicted octanol–water partition coefficient (Wildman–Crippen LogP) is 8.16. The lowest BCUT2D eigenvalue weighted by Gasteiger charge is -2.30. The number of rotatable bonds is 5. The van der Waals surface area contributed by atoms with Crippen LogP contribution >= 0.6 is 0 Å². The lowest BCUT2D eigenvalue weighted by atomic mass is 9.83. The molecule has 0 radical (unpaired) electrons. The maximum atomic E-state index is 6.53. The average molecular weight is 597 g/mol. The molecule has 5 heteroatoms. The highest BCUT2D eigenvalue weighted by atomic mass is 16.3. The summed E-state index contributed by atoms with van der Waals surface area (Å²) in [5.41, 5.74) is 9.41. The summed E-state index contributed by atoms with van der Waals surface area (Å²) >= 11 is 0. The van der Waals surface area contributed by atoms with E-state index < -0.39 is 0 Å². The summed E-state index contributed by atoms with van der Waals surface area (Å²) in [5, 5.41) is 0.914. The maximum absolute atomic E-state index is 6.53. The van der Waals surface area contributed by atoms with Crippen LogP contribution in [0.3, 0.4) is 0 Å². The standard InChI is InChI=1S/C41H32N4O/c1-26(27(2)39-42-40(29-15-7-4-8-16-29)44-41(43-39)30-17-9-5-10-18-30)25-36-28(3)37-35(46-36)24-23-34-38(37)32-21-13-14-22-33(32)45(34)31-19-11-6-12-20-31/h4-25,34,38H,3H2,1-2H3/b27-26+,36-25+. The third kappa shape index (κ3) is 4.68. The first-order chi connectivity index (χ1) is 22.6. The van der Waals surface area contributed by atoms with E-state index in [0.717, 1.165) is 44.2 Å². The Balaban J connectivity index is 1.23. The van der Waals surface area contributed by atoms with Crippen LogP contribution in [0.1, 0.15) is 42.5 Å². The van der Waals surface area contributed by atoms with E-state index in [1.807, 2.05) is 60.7 Å². The zero-order valence-electron chi connectivity index (χ0n) is 25.8. The van der Waals surface area contributed by atoms with E-state index in [-0.39, 0.29) is 12.0 Å². The van der Waals surface area contributed by atoms with Gasteiger partial charge in [0.25, 0.3) is 0 Å². The van der Waals surface area contributed by atoms with Gasteiger partial charge in [0.05, 0.1) is 6.04 Å². The largest absolute Gasteiger partial charge is 0.456 e. The van der Waals surface area contributed by atoms with Gasteiger partial charge in [0, 0.05) is 39.2 Å². The molecule has 2 aromatic heterocycles. The fourth-order valence-electron chi connectivity index (χ4n) is 6.63. The monoisotopic (exact) mass is 596 g/mol. The van der Waals surface area contributed by atoms with Crippen LogP contribution in [0.4, 0.5) is 11.4 Å². The molecule has 0 fully saturated rings. The van der Waals surface area contributed by atoms with Crippen LogP contribution < -0.4 is 15.5 Å². The van der Waals surface area contributed by atoms with Gasteiger partial charge in [-0.1, -0.05) is 110 Å². The first-order valence-electron chi connectivity index (χ1n) is 15.6. The minimum Gasteiger partial charge on any atom is -0.456 e. The molecule has 2 aliphatic rings. The highest BCUT2D eigenvalue weighted by molar-refractivity contribution is 5.79. The van der Waals surface area contributed by atoms with Gasteiger partial charge in [-0.2, -0.15) is 0 Å². The summed E-state index contributed by atoms with van der Waals surface area (Å²) in [6.07, 6.45) is 6.45. The van der Waals surface area contributed by atoms with Crippen molar-refractivity contribution in [2.45, 2.75) is 25.8 Å². The topological polar surface area (TPSA) is 55.1 Å². The molecule has 1 aliphatic heterocycles. The van der Waals surface area contributed by atoms with Gasteiger partial charge in [-0.25, -0.2) is 15.0 Å². The van der Waals surface area contributed by atoms with Crippen LogP contribution in [-0.4, -0.2) is 21.0 Å². The molecule has 1 aliphatic carbocycles. The number of benzene rings is 4. The normalized spacial score (nSPS) is 17.3. The van der Waals surface area contributed by atoms with Crippen molar-refractivity contribution >= 4 is 35.7 Å². The smallest absolute Gasteiger partial charge is 0.164 e. The summed E-state index contributed by atoms with van der Waals surface area (Å²) in [5.74, 6) is 2.90. The van der Waals surface area contributed by atoms with Crippen molar-refractivity contribution in [1.29, 1.82) is 0 Å². The summed E-state index contributed by atoms with van der Waals surface area (Å²) in [4.78, 5) is 17.1. The second-order valence-electron chi connectivity index (χ2n) is 11.8. The molecule has 3 heterocycles. The van der Waals surface area contributed by atoms with Crippen LogP contribution in [-0.2, 0) is 0 Å². The number of nitrogens with zero attached hydrogens (tertiary/aromatic N) is 4. The third-order valence-electron chi connectivity index (χ3n) is 9.04. The molecule has 0 bridgehead atoms. The van der Waals surface area contributed by atoms with Gasteiger partial charge >= 0.3 is 0 Å². The molecule has 4 aromatic carbocycles. The Hall–Kier alpha value is -5.81. The van der Waals surface area contributed by atoms with Crippen molar-refractivity contribution in [2.24, 2.45) is 0 Å². The zero-order valence-corrected chi connectivity index (χ0v) is 25.8. The van der Waals surface area contributed by atoms with Crippen LogP contribution in [0, 0.1) is 0 Å². The molecule has 2 unspecified atom stereocenters. The minimum atomic E-state index is 0.116. The zero-order chi connectivity index (χ0) is 31.2. The van der Waals surface area contributed by atoms with Gasteiger partial charge in [0.1, 0.15) is 11.2 Å². The van der Waals surface area contributed by atoms with Crippen LogP contribution in [0.15, 0.2) is 131 Å². The Bertz CT molecular complexity index is 2200. The van der Waals surface area contributed by atoms with Crippen molar-refractivity contribution in [3.8, 4) is 22.8 Å². The Labute approximate surface area is 268 Å². The number of hydrogen-bond donors (Lipinski definition) is 0. The van der Waals surface area contributed by atoms with Gasteiger partial charge in [0.15, 0.2) is 17.5 Å². The minimum absolute atomic E-state index is 0.116. The van der Waals surface area contributed by atoms with E-state index in [2.05, 4.69) is 98.2 Å². The van der Waals surface area contributed by atoms with Crippen molar-refractivity contribution in [3.63, 3.8) is 0 Å². The van der Waals surface area contributed by atoms with E-state index in [4.69, 9.17) is 19.4 Å². The number of para-hydroxylation sites is 2. The quantitative estimate of drug-likeness (QED) is 0.201. The van der Waals surface area contributed by atoms with Crippen molar-refractivity contribution < 1.29 is 4.42 Å². The number of allylic oxidation sites excluding steroid dienone is 2. The van der Waals surface area contributed by atoms with Crippen molar-refractivity contribution in [3.05, 3.63) is 160 Å². The molecule has 0 saturated carbocycles. The van der Waals surface area contributed by atoms with E-state index in [1.165, 1.54) is 16.9 Å². The second kappa shape index (κ2) is 11.3. The van der Waals surface area contributed by atoms with Crippen LogP contribution in [0.25, 0.3) is 47.1 Å². The molecule has 0 spiro atoms. The Morgan fingerprint density at radius 2 is 1.33 bits per heavy atom. The summed E-state index contributed by atoms with van der Waals surface area (Å²) in [7, 11) is 0. The van der Waals surface area contributed by atoms with Gasteiger partial charge in [-0.3, -0.25) is 0 Å². The number of furan rings is 1. The van der Waals surface area contributed by atoms with Crippen molar-refractivity contribution in [1.82, 2.24) is 15.0 Å². The predicted molar refractivity (Wildman–Crippen MR) is 187 cm³/mol. The van der Waals surface area contributed by atoms with E-state index in [9.17, 15) is 0 Å². The second-order valence-corrected chi connectivity index (χ2v) is 11.8. The van der Waals surface area contributed by atoms with E-state index >= 15 is 0 Å². The molecule has 8 rings (SSSR count). The fourth-order valence-corrected chi connectivity index (χ4v) is 6.63. The molecular weight excluding hydrogens is 564 g/mol. The first kappa shape index (κ1) is 27.7. The molecular formula is C41H32N4O. The fraction of sp³-hybridized carbons (Fsp3) is 0.0976. The Kier molecular flexibility index (Phi) is 6.80. The van der Waals surface area contributed by atoms with Gasteiger partial charge in [0.2, 0.25) is 0 Å². The van der Waals surface area contributed by atoms with Crippen LogP contribution in [0.5, 0.6) is 0 Å². The van der Waals surface area contributed by atoms with Crippen molar-refractivity contribution in [2.75, 3.05) is 4.90 Å². The first-order valence-corrected chi connectivity index (χ1v) is 15.6. The number of aromatic nitrogens is 3. The molecule has 0 N–H and O–H groups in total. The molecule has 0 saturated heterocycles. The third-order valence-corrected chi connectivity index (χ3v) is 9.04. The Morgan fingerprint density at radius 1 is 0.739 bits per heavy atom. The highest BCUT2D eigenvalue weighted by Gasteiger charge is 2.42. The maximum Gasteiger partial charge on any atom is 0.164 e. The lowest BCUT2D eigenvalue weighted by molar-refractivity contribution is 0.514. The summed E-state index contributed by atoms with van der Waals surface area (Å²) in [6.45, 7) is 8.70. The lowest BCUT2D eigenvalue weighted by Crippen LogP contribution is -2.33. The molecule has 5 nitrogen and oxygen atoms in total. The molecule has 222 valence electrons. The molecule has 46 heavy (non-hydrogen) atoms. The number of anilines is 2. The van der Waals surface area contributed by atoms with Gasteiger partial charge < -0.3 is 9.32 Å². The Morgan fingerprint density at radius 3 is 1.98 bits per heavy atom. The van der Waals surface area contributed by atoms with E-state index in [1.54, 1.807) is 0 Å². The summed E-state index contributed by atoms with van der Waals surface area (Å²) in [6, 6.07) is 39.5. The van der Waals surface area contributed by atoms with E-state index in [0.29, 0.717) is 17.5 Å². The number of fused-ring (bicyclic) bond motifs is 5. The summed E-state index contributed by atoms with van der Waals surface area (Å²) < 4.78 is 6.53. The highest BCUT2D eigenvalue weighted by Crippen LogP contribution is 2.50. The molecule has 0 amide bonds. The molecule has 2 atom stereocenters. The van der Waals surface area contributed by atoms with Crippen LogP contribution in [0.2, 0.25) is 0 Å². The average Bonchev–Trinajstić information content (AvgIpc) is 3.62.